The number of rotatable bonds is 5. The lowest BCUT2D eigenvalue weighted by molar-refractivity contribution is -0.0915. The van der Waals surface area contributed by atoms with E-state index in [1.807, 2.05) is 36.4 Å². The highest BCUT2D eigenvalue weighted by Crippen LogP contribution is 2.51. The highest BCUT2D eigenvalue weighted by atomic mass is 16.5. The van der Waals surface area contributed by atoms with Gasteiger partial charge < -0.3 is 14.6 Å². The molecule has 2 aliphatic rings. The summed E-state index contributed by atoms with van der Waals surface area (Å²) in [5, 5.41) is 11.6. The van der Waals surface area contributed by atoms with Crippen molar-refractivity contribution in [1.82, 2.24) is 4.90 Å². The van der Waals surface area contributed by atoms with Crippen LogP contribution in [0.2, 0.25) is 0 Å². The number of hydrogen-bond acceptors (Lipinski definition) is 4. The van der Waals surface area contributed by atoms with Crippen molar-refractivity contribution in [1.29, 1.82) is 0 Å². The van der Waals surface area contributed by atoms with Crippen molar-refractivity contribution in [3.05, 3.63) is 59.7 Å². The molecular weight excluding hydrogens is 326 g/mol. The minimum atomic E-state index is -0.731. The van der Waals surface area contributed by atoms with E-state index in [0.29, 0.717) is 0 Å². The largest absolute Gasteiger partial charge is 0.497 e. The van der Waals surface area contributed by atoms with Crippen LogP contribution in [0.25, 0.3) is 0 Å². The van der Waals surface area contributed by atoms with E-state index < -0.39 is 5.60 Å². The summed E-state index contributed by atoms with van der Waals surface area (Å²) in [5.41, 5.74) is 1.57. The Kier molecular flexibility index (Phi) is 4.63. The zero-order valence-corrected chi connectivity index (χ0v) is 15.5. The standard InChI is InChI=1S/C22H27NO3/c1-25-20-10-6-16(7-11-20)13-23-14-18-8-9-19(15-23)22(18,24)17-4-3-5-21(12-17)26-2/h3-7,10-12,18-19,24H,8-9,13-15H2,1-2H3. The Morgan fingerprint density at radius 3 is 2.23 bits per heavy atom. The predicted molar refractivity (Wildman–Crippen MR) is 101 cm³/mol. The van der Waals surface area contributed by atoms with Crippen molar-refractivity contribution in [2.75, 3.05) is 27.3 Å². The van der Waals surface area contributed by atoms with E-state index in [0.717, 1.165) is 49.5 Å². The van der Waals surface area contributed by atoms with Crippen molar-refractivity contribution in [3.63, 3.8) is 0 Å². The fourth-order valence-electron chi connectivity index (χ4n) is 4.80. The Hall–Kier alpha value is -2.04. The predicted octanol–water partition coefficient (Wildman–Crippen LogP) is 3.43. The van der Waals surface area contributed by atoms with Crippen LogP contribution in [-0.4, -0.2) is 37.3 Å². The van der Waals surface area contributed by atoms with Crippen LogP contribution in [0.15, 0.2) is 48.5 Å². The molecule has 1 N–H and O–H groups in total. The highest BCUT2D eigenvalue weighted by molar-refractivity contribution is 5.35. The number of aliphatic hydroxyl groups is 1. The van der Waals surface area contributed by atoms with E-state index in [4.69, 9.17) is 9.47 Å². The maximum Gasteiger partial charge on any atom is 0.119 e. The third-order valence-electron chi connectivity index (χ3n) is 6.16. The molecule has 1 saturated carbocycles. The maximum atomic E-state index is 11.6. The maximum absolute atomic E-state index is 11.6. The number of hydrogen-bond donors (Lipinski definition) is 1. The smallest absolute Gasteiger partial charge is 0.119 e. The summed E-state index contributed by atoms with van der Waals surface area (Å²) in [4.78, 5) is 2.48. The molecule has 0 radical (unpaired) electrons. The van der Waals surface area contributed by atoms with E-state index in [-0.39, 0.29) is 11.8 Å². The van der Waals surface area contributed by atoms with Gasteiger partial charge in [0.05, 0.1) is 19.8 Å². The first-order chi connectivity index (χ1) is 12.6. The van der Waals surface area contributed by atoms with Crippen LogP contribution >= 0.6 is 0 Å². The molecule has 2 aromatic carbocycles. The van der Waals surface area contributed by atoms with Gasteiger partial charge in [-0.25, -0.2) is 0 Å². The first-order valence-electron chi connectivity index (χ1n) is 9.35. The first kappa shape index (κ1) is 17.4. The van der Waals surface area contributed by atoms with Crippen molar-refractivity contribution >= 4 is 0 Å². The molecule has 1 saturated heterocycles. The topological polar surface area (TPSA) is 41.9 Å². The van der Waals surface area contributed by atoms with Crippen LogP contribution in [0.5, 0.6) is 11.5 Å². The van der Waals surface area contributed by atoms with Crippen molar-refractivity contribution < 1.29 is 14.6 Å². The molecule has 4 heteroatoms. The average molecular weight is 353 g/mol. The van der Waals surface area contributed by atoms with Crippen molar-refractivity contribution in [2.45, 2.75) is 25.0 Å². The van der Waals surface area contributed by atoms with Crippen LogP contribution in [0.4, 0.5) is 0 Å². The van der Waals surface area contributed by atoms with Crippen LogP contribution < -0.4 is 9.47 Å². The number of methoxy groups -OCH3 is 2. The minimum absolute atomic E-state index is 0.270. The molecule has 0 spiro atoms. The second-order valence-corrected chi connectivity index (χ2v) is 7.57. The molecule has 26 heavy (non-hydrogen) atoms. The van der Waals surface area contributed by atoms with Crippen LogP contribution in [0, 0.1) is 11.8 Å². The lowest BCUT2D eigenvalue weighted by Crippen LogP contribution is -2.51. The summed E-state index contributed by atoms with van der Waals surface area (Å²) in [6.07, 6.45) is 2.16. The quantitative estimate of drug-likeness (QED) is 0.894. The van der Waals surface area contributed by atoms with E-state index in [1.54, 1.807) is 14.2 Å². The summed E-state index contributed by atoms with van der Waals surface area (Å²) in [5.74, 6) is 2.24. The van der Waals surface area contributed by atoms with Gasteiger partial charge in [-0.15, -0.1) is 0 Å². The third-order valence-corrected chi connectivity index (χ3v) is 6.16. The van der Waals surface area contributed by atoms with E-state index in [2.05, 4.69) is 17.0 Å². The van der Waals surface area contributed by atoms with E-state index in [1.165, 1.54) is 5.56 Å². The van der Waals surface area contributed by atoms with Gasteiger partial charge in [-0.3, -0.25) is 4.90 Å². The average Bonchev–Trinajstić information content (AvgIpc) is 2.85. The molecule has 0 amide bonds. The number of nitrogens with zero attached hydrogens (tertiary/aromatic N) is 1. The SMILES string of the molecule is COc1ccc(CN2CC3CCC(C2)C3(O)c2cccc(OC)c2)cc1. The van der Waals surface area contributed by atoms with Gasteiger partial charge in [0.15, 0.2) is 0 Å². The molecule has 2 unspecified atom stereocenters. The molecule has 138 valence electrons. The Morgan fingerprint density at radius 2 is 1.62 bits per heavy atom. The lowest BCUT2D eigenvalue weighted by Gasteiger charge is -2.45. The fraction of sp³-hybridized carbons (Fsp3) is 0.455. The zero-order chi connectivity index (χ0) is 18.1. The summed E-state index contributed by atoms with van der Waals surface area (Å²) < 4.78 is 10.6. The second kappa shape index (κ2) is 6.93. The van der Waals surface area contributed by atoms with Crippen molar-refractivity contribution in [3.8, 4) is 11.5 Å². The summed E-state index contributed by atoms with van der Waals surface area (Å²) >= 11 is 0. The van der Waals surface area contributed by atoms with Crippen LogP contribution in [-0.2, 0) is 12.1 Å². The van der Waals surface area contributed by atoms with Crippen molar-refractivity contribution in [2.24, 2.45) is 11.8 Å². The molecule has 0 aromatic heterocycles. The second-order valence-electron chi connectivity index (χ2n) is 7.57. The number of benzene rings is 2. The Balaban J connectivity index is 1.51. The number of likely N-dealkylation sites (tertiary alicyclic amines) is 1. The Labute approximate surface area is 155 Å². The van der Waals surface area contributed by atoms with Gasteiger partial charge in [-0.2, -0.15) is 0 Å². The monoisotopic (exact) mass is 353 g/mol. The van der Waals surface area contributed by atoms with E-state index >= 15 is 0 Å². The van der Waals surface area contributed by atoms with Gasteiger partial charge >= 0.3 is 0 Å². The summed E-state index contributed by atoms with van der Waals surface area (Å²) in [6.45, 7) is 2.78. The molecular formula is C22H27NO3. The zero-order valence-electron chi connectivity index (χ0n) is 15.5. The lowest BCUT2D eigenvalue weighted by atomic mass is 9.75. The number of piperidine rings is 1. The Bertz CT molecular complexity index is 744. The van der Waals surface area contributed by atoms with Gasteiger partial charge in [-0.05, 0) is 48.2 Å². The number of fused-ring (bicyclic) bond motifs is 2. The molecule has 4 nitrogen and oxygen atoms in total. The normalized spacial score (nSPS) is 28.1. The Morgan fingerprint density at radius 1 is 0.962 bits per heavy atom. The molecule has 2 aromatic rings. The molecule has 2 fully saturated rings. The summed E-state index contributed by atoms with van der Waals surface area (Å²) in [6, 6.07) is 16.3. The van der Waals surface area contributed by atoms with E-state index in [9.17, 15) is 5.11 Å². The molecule has 1 aliphatic heterocycles. The van der Waals surface area contributed by atoms with Crippen LogP contribution in [0.3, 0.4) is 0 Å². The number of ether oxygens (including phenoxy) is 2. The molecule has 4 rings (SSSR count). The fourth-order valence-corrected chi connectivity index (χ4v) is 4.80. The molecule has 1 aliphatic carbocycles. The molecule has 1 heterocycles. The van der Waals surface area contributed by atoms with Gasteiger partial charge in [0.1, 0.15) is 11.5 Å². The molecule has 2 bridgehead atoms. The molecule has 2 atom stereocenters. The van der Waals surface area contributed by atoms with Gasteiger partial charge in [0, 0.05) is 31.5 Å². The first-order valence-corrected chi connectivity index (χ1v) is 9.35. The third kappa shape index (κ3) is 2.97. The minimum Gasteiger partial charge on any atom is -0.497 e. The summed E-state index contributed by atoms with van der Waals surface area (Å²) in [7, 11) is 3.37. The van der Waals surface area contributed by atoms with Gasteiger partial charge in [-0.1, -0.05) is 24.3 Å². The van der Waals surface area contributed by atoms with Gasteiger partial charge in [0.25, 0.3) is 0 Å². The van der Waals surface area contributed by atoms with Crippen LogP contribution in [0.1, 0.15) is 24.0 Å². The van der Waals surface area contributed by atoms with Gasteiger partial charge in [0.2, 0.25) is 0 Å². The highest BCUT2D eigenvalue weighted by Gasteiger charge is 2.53.